The van der Waals surface area contributed by atoms with Gasteiger partial charge in [0.2, 0.25) is 11.7 Å². The first-order valence-electron chi connectivity index (χ1n) is 5.58. The lowest BCUT2D eigenvalue weighted by molar-refractivity contribution is 0.379. The Morgan fingerprint density at radius 3 is 2.72 bits per heavy atom. The van der Waals surface area contributed by atoms with E-state index in [0.29, 0.717) is 17.4 Å². The minimum absolute atomic E-state index is 0.299. The van der Waals surface area contributed by atoms with E-state index in [-0.39, 0.29) is 5.38 Å². The smallest absolute Gasteiger partial charge is 0.244 e. The Kier molecular flexibility index (Phi) is 2.72. The molecule has 0 aliphatic rings. The summed E-state index contributed by atoms with van der Waals surface area (Å²) in [5.41, 5.74) is 1.58. The van der Waals surface area contributed by atoms with Crippen molar-refractivity contribution in [1.82, 2.24) is 15.1 Å². The zero-order valence-corrected chi connectivity index (χ0v) is 10.4. The Balaban J connectivity index is 2.07. The van der Waals surface area contributed by atoms with Crippen molar-refractivity contribution in [2.45, 2.75) is 12.3 Å². The zero-order valence-electron chi connectivity index (χ0n) is 9.67. The van der Waals surface area contributed by atoms with Gasteiger partial charge in [-0.1, -0.05) is 29.4 Å². The van der Waals surface area contributed by atoms with Gasteiger partial charge >= 0.3 is 0 Å². The second kappa shape index (κ2) is 4.38. The van der Waals surface area contributed by atoms with Crippen LogP contribution in [0.1, 0.15) is 18.2 Å². The summed E-state index contributed by atoms with van der Waals surface area (Å²) in [5, 5.41) is 4.66. The molecule has 0 aliphatic heterocycles. The van der Waals surface area contributed by atoms with Gasteiger partial charge in [-0.3, -0.25) is 0 Å². The van der Waals surface area contributed by atoms with Crippen LogP contribution in [0.4, 0.5) is 0 Å². The average Bonchev–Trinajstić information content (AvgIpc) is 2.88. The maximum absolute atomic E-state index is 5.88. The quantitative estimate of drug-likeness (QED) is 0.660. The van der Waals surface area contributed by atoms with Gasteiger partial charge in [0.25, 0.3) is 0 Å². The van der Waals surface area contributed by atoms with Crippen molar-refractivity contribution in [3.05, 3.63) is 42.3 Å². The predicted octanol–water partition coefficient (Wildman–Crippen LogP) is 3.58. The summed E-state index contributed by atoms with van der Waals surface area (Å²) in [6.45, 7) is 1.78. The van der Waals surface area contributed by atoms with E-state index in [4.69, 9.17) is 16.1 Å². The molecule has 0 bridgehead atoms. The number of fused-ring (bicyclic) bond motifs is 1. The Bertz CT molecular complexity index is 693. The van der Waals surface area contributed by atoms with Crippen molar-refractivity contribution in [2.75, 3.05) is 0 Å². The molecule has 18 heavy (non-hydrogen) atoms. The number of para-hydroxylation sites is 1. The van der Waals surface area contributed by atoms with Crippen LogP contribution in [0.25, 0.3) is 22.4 Å². The summed E-state index contributed by atoms with van der Waals surface area (Å²) < 4.78 is 5.06. The third-order valence-corrected chi connectivity index (χ3v) is 2.80. The van der Waals surface area contributed by atoms with Crippen molar-refractivity contribution in [2.24, 2.45) is 0 Å². The van der Waals surface area contributed by atoms with Gasteiger partial charge in [-0.25, -0.2) is 4.98 Å². The number of aromatic nitrogens is 3. The second-order valence-electron chi connectivity index (χ2n) is 3.96. The first-order valence-corrected chi connectivity index (χ1v) is 6.01. The number of nitrogens with zero attached hydrogens (tertiary/aromatic N) is 3. The van der Waals surface area contributed by atoms with E-state index < -0.39 is 0 Å². The molecule has 1 atom stereocenters. The molecule has 0 saturated carbocycles. The number of rotatable bonds is 2. The molecule has 90 valence electrons. The van der Waals surface area contributed by atoms with Crippen molar-refractivity contribution < 1.29 is 4.52 Å². The lowest BCUT2D eigenvalue weighted by Crippen LogP contribution is -1.88. The molecule has 4 nitrogen and oxygen atoms in total. The normalized spacial score (nSPS) is 12.8. The van der Waals surface area contributed by atoms with Crippen molar-refractivity contribution >= 4 is 22.5 Å². The van der Waals surface area contributed by atoms with E-state index in [1.807, 2.05) is 36.4 Å². The van der Waals surface area contributed by atoms with Gasteiger partial charge in [-0.15, -0.1) is 11.6 Å². The fourth-order valence-electron chi connectivity index (χ4n) is 1.69. The number of pyridine rings is 1. The summed E-state index contributed by atoms with van der Waals surface area (Å²) in [7, 11) is 0. The van der Waals surface area contributed by atoms with Gasteiger partial charge in [0.05, 0.1) is 5.52 Å². The Hall–Kier alpha value is -1.94. The molecule has 2 aromatic heterocycles. The van der Waals surface area contributed by atoms with Crippen LogP contribution in [-0.2, 0) is 0 Å². The highest BCUT2D eigenvalue weighted by Gasteiger charge is 2.13. The van der Waals surface area contributed by atoms with Crippen molar-refractivity contribution in [1.29, 1.82) is 0 Å². The predicted molar refractivity (Wildman–Crippen MR) is 69.3 cm³/mol. The number of halogens is 1. The monoisotopic (exact) mass is 259 g/mol. The molecule has 3 rings (SSSR count). The topological polar surface area (TPSA) is 51.8 Å². The van der Waals surface area contributed by atoms with Crippen LogP contribution in [0, 0.1) is 0 Å². The molecule has 0 radical (unpaired) electrons. The highest BCUT2D eigenvalue weighted by molar-refractivity contribution is 6.20. The maximum atomic E-state index is 5.88. The fourth-order valence-corrected chi connectivity index (χ4v) is 1.78. The van der Waals surface area contributed by atoms with Crippen LogP contribution in [0.15, 0.2) is 40.9 Å². The van der Waals surface area contributed by atoms with E-state index in [9.17, 15) is 0 Å². The highest BCUT2D eigenvalue weighted by Crippen LogP contribution is 2.22. The standard InChI is InChI=1S/C13H10ClN3O/c1-8(14)13-16-12(17-18-13)11-7-6-9-4-2-3-5-10(9)15-11/h2-8H,1H3. The minimum Gasteiger partial charge on any atom is -0.337 e. The number of alkyl halides is 1. The van der Waals surface area contributed by atoms with Gasteiger partial charge in [-0.05, 0) is 19.1 Å². The molecule has 1 unspecified atom stereocenters. The molecule has 2 heterocycles. The van der Waals surface area contributed by atoms with Gasteiger partial charge in [0.1, 0.15) is 11.1 Å². The van der Waals surface area contributed by atoms with Crippen LogP contribution in [0.3, 0.4) is 0 Å². The molecule has 0 spiro atoms. The largest absolute Gasteiger partial charge is 0.337 e. The third kappa shape index (κ3) is 1.95. The molecule has 5 heteroatoms. The number of benzene rings is 1. The lowest BCUT2D eigenvalue weighted by atomic mass is 10.2. The maximum Gasteiger partial charge on any atom is 0.244 e. The second-order valence-corrected chi connectivity index (χ2v) is 4.62. The van der Waals surface area contributed by atoms with E-state index in [1.165, 1.54) is 0 Å². The molecule has 0 saturated heterocycles. The van der Waals surface area contributed by atoms with Gasteiger partial charge in [0, 0.05) is 5.39 Å². The summed E-state index contributed by atoms with van der Waals surface area (Å²) in [6, 6.07) is 11.7. The first-order chi connectivity index (χ1) is 8.74. The Labute approximate surface area is 109 Å². The van der Waals surface area contributed by atoms with E-state index in [1.54, 1.807) is 6.92 Å². The molecule has 0 amide bonds. The van der Waals surface area contributed by atoms with Crippen LogP contribution < -0.4 is 0 Å². The minimum atomic E-state index is -0.299. The van der Waals surface area contributed by atoms with E-state index >= 15 is 0 Å². The van der Waals surface area contributed by atoms with Gasteiger partial charge < -0.3 is 4.52 Å². The van der Waals surface area contributed by atoms with Gasteiger partial charge in [0.15, 0.2) is 0 Å². The van der Waals surface area contributed by atoms with Crippen LogP contribution in [0.5, 0.6) is 0 Å². The van der Waals surface area contributed by atoms with Gasteiger partial charge in [-0.2, -0.15) is 4.98 Å². The molecule has 0 aliphatic carbocycles. The highest BCUT2D eigenvalue weighted by atomic mass is 35.5. The number of hydrogen-bond donors (Lipinski definition) is 0. The van der Waals surface area contributed by atoms with Crippen LogP contribution >= 0.6 is 11.6 Å². The summed E-state index contributed by atoms with van der Waals surface area (Å²) >= 11 is 5.88. The molecular formula is C13H10ClN3O. The zero-order chi connectivity index (χ0) is 12.5. The molecule has 0 N–H and O–H groups in total. The summed E-state index contributed by atoms with van der Waals surface area (Å²) in [6.07, 6.45) is 0. The van der Waals surface area contributed by atoms with Crippen LogP contribution in [-0.4, -0.2) is 15.1 Å². The summed E-state index contributed by atoms with van der Waals surface area (Å²) in [5.74, 6) is 0.866. The van der Waals surface area contributed by atoms with Crippen molar-refractivity contribution in [3.8, 4) is 11.5 Å². The molecular weight excluding hydrogens is 250 g/mol. The lowest BCUT2D eigenvalue weighted by Gasteiger charge is -1.98. The molecule has 0 fully saturated rings. The Morgan fingerprint density at radius 1 is 1.11 bits per heavy atom. The molecule has 1 aromatic carbocycles. The van der Waals surface area contributed by atoms with E-state index in [0.717, 1.165) is 10.9 Å². The first kappa shape index (κ1) is 11.2. The Morgan fingerprint density at radius 2 is 1.94 bits per heavy atom. The molecule has 3 aromatic rings. The SMILES string of the molecule is CC(Cl)c1nc(-c2ccc3ccccc3n2)no1. The number of hydrogen-bond acceptors (Lipinski definition) is 4. The average molecular weight is 260 g/mol. The van der Waals surface area contributed by atoms with Crippen LogP contribution in [0.2, 0.25) is 0 Å². The third-order valence-electron chi connectivity index (χ3n) is 2.61. The fraction of sp³-hybridized carbons (Fsp3) is 0.154. The van der Waals surface area contributed by atoms with E-state index in [2.05, 4.69) is 15.1 Å². The summed E-state index contributed by atoms with van der Waals surface area (Å²) in [4.78, 5) is 8.70. The van der Waals surface area contributed by atoms with Crippen molar-refractivity contribution in [3.63, 3.8) is 0 Å².